The van der Waals surface area contributed by atoms with Gasteiger partial charge in [0.15, 0.2) is 0 Å². The van der Waals surface area contributed by atoms with Crippen LogP contribution in [-0.4, -0.2) is 42.1 Å². The Morgan fingerprint density at radius 2 is 2.10 bits per heavy atom. The second-order valence-electron chi connectivity index (χ2n) is 5.00. The predicted octanol–water partition coefficient (Wildman–Crippen LogP) is 0.900. The van der Waals surface area contributed by atoms with E-state index in [1.807, 2.05) is 0 Å². The molecule has 0 amide bonds. The van der Waals surface area contributed by atoms with Crippen LogP contribution >= 0.6 is 0 Å². The normalized spacial score (nSPS) is 20.9. The fourth-order valence-corrected chi connectivity index (χ4v) is 4.32. The molecule has 1 saturated heterocycles. The van der Waals surface area contributed by atoms with Crippen LogP contribution in [0.1, 0.15) is 25.7 Å². The summed E-state index contributed by atoms with van der Waals surface area (Å²) in [6.45, 7) is 0.419. The van der Waals surface area contributed by atoms with E-state index in [2.05, 4.69) is 0 Å². The second-order valence-corrected chi connectivity index (χ2v) is 6.89. The molecule has 20 heavy (non-hydrogen) atoms. The lowest BCUT2D eigenvalue weighted by molar-refractivity contribution is 0.192. The number of rotatable bonds is 4. The molecule has 1 aliphatic rings. The van der Waals surface area contributed by atoms with Crippen LogP contribution in [0.4, 0.5) is 5.69 Å². The van der Waals surface area contributed by atoms with E-state index in [0.717, 1.165) is 19.3 Å². The number of nitrogens with two attached hydrogens (primary N) is 1. The average molecular weight is 300 g/mol. The number of aliphatic hydroxyl groups is 1. The van der Waals surface area contributed by atoms with Gasteiger partial charge in [0, 0.05) is 19.2 Å². The van der Waals surface area contributed by atoms with Crippen LogP contribution in [0.15, 0.2) is 23.1 Å². The zero-order chi connectivity index (χ0) is 14.8. The van der Waals surface area contributed by atoms with E-state index < -0.39 is 10.0 Å². The molecule has 1 unspecified atom stereocenters. The number of aliphatic hydroxyl groups excluding tert-OH is 1. The Balaban J connectivity index is 2.34. The molecule has 1 heterocycles. The summed E-state index contributed by atoms with van der Waals surface area (Å²) >= 11 is 0. The van der Waals surface area contributed by atoms with Crippen molar-refractivity contribution < 1.29 is 18.6 Å². The lowest BCUT2D eigenvalue weighted by Crippen LogP contribution is -2.44. The van der Waals surface area contributed by atoms with Gasteiger partial charge in [0.1, 0.15) is 5.75 Å². The molecule has 1 aromatic carbocycles. The minimum absolute atomic E-state index is 0.0333. The van der Waals surface area contributed by atoms with Gasteiger partial charge in [0.2, 0.25) is 10.0 Å². The molecule has 112 valence electrons. The van der Waals surface area contributed by atoms with Crippen LogP contribution in [-0.2, 0) is 10.0 Å². The number of nitrogens with zero attached hydrogens (tertiary/aromatic N) is 1. The maximum atomic E-state index is 12.6. The van der Waals surface area contributed by atoms with Gasteiger partial charge in [-0.25, -0.2) is 8.42 Å². The van der Waals surface area contributed by atoms with Gasteiger partial charge in [0.05, 0.1) is 10.6 Å². The van der Waals surface area contributed by atoms with E-state index in [-0.39, 0.29) is 29.0 Å². The van der Waals surface area contributed by atoms with Gasteiger partial charge in [-0.05, 0) is 37.5 Å². The van der Waals surface area contributed by atoms with Crippen molar-refractivity contribution in [3.8, 4) is 5.75 Å². The van der Waals surface area contributed by atoms with E-state index in [0.29, 0.717) is 13.0 Å². The van der Waals surface area contributed by atoms with E-state index in [9.17, 15) is 13.5 Å². The van der Waals surface area contributed by atoms with Gasteiger partial charge in [-0.3, -0.25) is 0 Å². The highest BCUT2D eigenvalue weighted by atomic mass is 32.2. The number of hydrogen-bond acceptors (Lipinski definition) is 5. The number of piperidine rings is 1. The van der Waals surface area contributed by atoms with Crippen LogP contribution < -0.4 is 5.73 Å². The van der Waals surface area contributed by atoms with E-state index in [1.165, 1.54) is 22.5 Å². The summed E-state index contributed by atoms with van der Waals surface area (Å²) in [5.74, 6) is -0.130. The summed E-state index contributed by atoms with van der Waals surface area (Å²) in [5.41, 5.74) is 5.61. The van der Waals surface area contributed by atoms with Crippen LogP contribution in [0.3, 0.4) is 0 Å². The average Bonchev–Trinajstić information content (AvgIpc) is 2.42. The minimum Gasteiger partial charge on any atom is -0.506 e. The summed E-state index contributed by atoms with van der Waals surface area (Å²) in [5, 5.41) is 18.5. The standard InChI is InChI=1S/C13H20N2O4S/c14-12-9-11(4-5-13(12)17)20(18,19)15-7-2-1-3-10(15)6-8-16/h4-5,9-10,16-17H,1-3,6-8,14H2. The van der Waals surface area contributed by atoms with Crippen molar-refractivity contribution in [3.05, 3.63) is 18.2 Å². The zero-order valence-corrected chi connectivity index (χ0v) is 12.0. The number of hydrogen-bond donors (Lipinski definition) is 3. The van der Waals surface area contributed by atoms with E-state index >= 15 is 0 Å². The number of aromatic hydroxyl groups is 1. The third-order valence-corrected chi connectivity index (χ3v) is 5.59. The fraction of sp³-hybridized carbons (Fsp3) is 0.538. The molecule has 1 fully saturated rings. The molecule has 2 rings (SSSR count). The Bertz CT molecular complexity index is 572. The lowest BCUT2D eigenvalue weighted by atomic mass is 10.0. The first-order chi connectivity index (χ1) is 9.46. The Kier molecular flexibility index (Phi) is 4.52. The van der Waals surface area contributed by atoms with Crippen molar-refractivity contribution in [1.82, 2.24) is 4.31 Å². The molecule has 0 bridgehead atoms. The largest absolute Gasteiger partial charge is 0.506 e. The SMILES string of the molecule is Nc1cc(S(=O)(=O)N2CCCCC2CCO)ccc1O. The highest BCUT2D eigenvalue weighted by Gasteiger charge is 2.33. The Morgan fingerprint density at radius 1 is 1.35 bits per heavy atom. The van der Waals surface area contributed by atoms with Crippen molar-refractivity contribution in [2.75, 3.05) is 18.9 Å². The number of benzene rings is 1. The molecule has 0 radical (unpaired) electrons. The molecule has 1 aromatic rings. The molecule has 1 atom stereocenters. The highest BCUT2D eigenvalue weighted by molar-refractivity contribution is 7.89. The summed E-state index contributed by atoms with van der Waals surface area (Å²) < 4.78 is 26.7. The first kappa shape index (κ1) is 15.1. The molecule has 0 aliphatic carbocycles. The lowest BCUT2D eigenvalue weighted by Gasteiger charge is -2.34. The Labute approximate surface area is 118 Å². The number of sulfonamides is 1. The number of anilines is 1. The van der Waals surface area contributed by atoms with Crippen molar-refractivity contribution in [1.29, 1.82) is 0 Å². The first-order valence-corrected chi connectivity index (χ1v) is 8.12. The molecule has 0 saturated carbocycles. The van der Waals surface area contributed by atoms with Crippen LogP contribution in [0.5, 0.6) is 5.75 Å². The number of phenolic OH excluding ortho intramolecular Hbond substituents is 1. The summed E-state index contributed by atoms with van der Waals surface area (Å²) in [4.78, 5) is 0.0811. The molecular formula is C13H20N2O4S. The van der Waals surface area contributed by atoms with Gasteiger partial charge < -0.3 is 15.9 Å². The molecular weight excluding hydrogens is 280 g/mol. The maximum absolute atomic E-state index is 12.6. The van der Waals surface area contributed by atoms with Gasteiger partial charge in [-0.1, -0.05) is 6.42 Å². The molecule has 1 aliphatic heterocycles. The fourth-order valence-electron chi connectivity index (χ4n) is 2.56. The zero-order valence-electron chi connectivity index (χ0n) is 11.2. The van der Waals surface area contributed by atoms with Crippen LogP contribution in [0.25, 0.3) is 0 Å². The molecule has 4 N–H and O–H groups in total. The van der Waals surface area contributed by atoms with Crippen molar-refractivity contribution in [2.45, 2.75) is 36.6 Å². The minimum atomic E-state index is -3.64. The Morgan fingerprint density at radius 3 is 2.75 bits per heavy atom. The van der Waals surface area contributed by atoms with Crippen LogP contribution in [0, 0.1) is 0 Å². The number of phenols is 1. The van der Waals surface area contributed by atoms with Crippen molar-refractivity contribution >= 4 is 15.7 Å². The third kappa shape index (κ3) is 2.89. The maximum Gasteiger partial charge on any atom is 0.243 e. The summed E-state index contributed by atoms with van der Waals surface area (Å²) in [6.07, 6.45) is 2.98. The highest BCUT2D eigenvalue weighted by Crippen LogP contribution is 2.30. The van der Waals surface area contributed by atoms with Crippen molar-refractivity contribution in [3.63, 3.8) is 0 Å². The molecule has 6 nitrogen and oxygen atoms in total. The van der Waals surface area contributed by atoms with Gasteiger partial charge in [-0.2, -0.15) is 4.31 Å². The predicted molar refractivity (Wildman–Crippen MR) is 75.8 cm³/mol. The second kappa shape index (κ2) is 5.99. The van der Waals surface area contributed by atoms with Gasteiger partial charge >= 0.3 is 0 Å². The molecule has 0 spiro atoms. The van der Waals surface area contributed by atoms with Crippen molar-refractivity contribution in [2.24, 2.45) is 0 Å². The van der Waals surface area contributed by atoms with E-state index in [4.69, 9.17) is 10.8 Å². The van der Waals surface area contributed by atoms with Gasteiger partial charge in [-0.15, -0.1) is 0 Å². The van der Waals surface area contributed by atoms with E-state index in [1.54, 1.807) is 0 Å². The number of nitrogen functional groups attached to an aromatic ring is 1. The topological polar surface area (TPSA) is 104 Å². The smallest absolute Gasteiger partial charge is 0.243 e. The Hall–Kier alpha value is -1.31. The molecule has 7 heteroatoms. The molecule has 0 aromatic heterocycles. The summed E-state index contributed by atoms with van der Waals surface area (Å²) in [7, 11) is -3.64. The summed E-state index contributed by atoms with van der Waals surface area (Å²) in [6, 6.07) is 3.74. The van der Waals surface area contributed by atoms with Crippen LogP contribution in [0.2, 0.25) is 0 Å². The first-order valence-electron chi connectivity index (χ1n) is 6.68. The third-order valence-electron chi connectivity index (χ3n) is 3.64. The monoisotopic (exact) mass is 300 g/mol. The van der Waals surface area contributed by atoms with Gasteiger partial charge in [0.25, 0.3) is 0 Å². The quantitative estimate of drug-likeness (QED) is 0.566.